The summed E-state index contributed by atoms with van der Waals surface area (Å²) in [6.45, 7) is 3.85. The van der Waals surface area contributed by atoms with Gasteiger partial charge in [0.05, 0.1) is 24.3 Å². The van der Waals surface area contributed by atoms with E-state index in [9.17, 15) is 4.79 Å². The summed E-state index contributed by atoms with van der Waals surface area (Å²) in [5.41, 5.74) is 2.20. The molecule has 1 amide bonds. The number of aromatic nitrogens is 1. The number of methoxy groups -OCH3 is 1. The Bertz CT molecular complexity index is 766. The SMILES string of the molecule is COCCN1C(=O)CO[C@H]2CN(Cc3cnc4ccccc4c3)C[C@H]21. The first-order valence-electron chi connectivity index (χ1n) is 8.70. The molecule has 0 radical (unpaired) electrons. The van der Waals surface area contributed by atoms with Crippen LogP contribution in [-0.2, 0) is 20.8 Å². The van der Waals surface area contributed by atoms with Gasteiger partial charge >= 0.3 is 0 Å². The molecule has 25 heavy (non-hydrogen) atoms. The first-order valence-corrected chi connectivity index (χ1v) is 8.70. The molecule has 2 atom stereocenters. The van der Waals surface area contributed by atoms with Gasteiger partial charge in [-0.2, -0.15) is 0 Å². The third-order valence-corrected chi connectivity index (χ3v) is 5.04. The Kier molecular flexibility index (Phi) is 4.65. The van der Waals surface area contributed by atoms with E-state index in [-0.39, 0.29) is 24.7 Å². The highest BCUT2D eigenvalue weighted by atomic mass is 16.5. The number of hydrogen-bond donors (Lipinski definition) is 0. The minimum atomic E-state index is 0.0625. The Morgan fingerprint density at radius 3 is 3.08 bits per heavy atom. The molecule has 2 aliphatic heterocycles. The van der Waals surface area contributed by atoms with Crippen molar-refractivity contribution in [3.63, 3.8) is 0 Å². The van der Waals surface area contributed by atoms with Crippen LogP contribution in [0.2, 0.25) is 0 Å². The molecule has 4 rings (SSSR count). The van der Waals surface area contributed by atoms with Gasteiger partial charge in [-0.25, -0.2) is 0 Å². The van der Waals surface area contributed by atoms with Crippen LogP contribution < -0.4 is 0 Å². The van der Waals surface area contributed by atoms with Gasteiger partial charge in [0.2, 0.25) is 5.91 Å². The van der Waals surface area contributed by atoms with Crippen LogP contribution in [-0.4, -0.2) is 72.8 Å². The summed E-state index contributed by atoms with van der Waals surface area (Å²) in [5.74, 6) is 0.0625. The van der Waals surface area contributed by atoms with Crippen molar-refractivity contribution in [2.45, 2.75) is 18.7 Å². The molecule has 0 unspecified atom stereocenters. The van der Waals surface area contributed by atoms with E-state index in [1.807, 2.05) is 29.3 Å². The zero-order valence-electron chi connectivity index (χ0n) is 14.4. The van der Waals surface area contributed by atoms with E-state index in [2.05, 4.69) is 22.0 Å². The van der Waals surface area contributed by atoms with Gasteiger partial charge in [0.1, 0.15) is 6.61 Å². The van der Waals surface area contributed by atoms with Gasteiger partial charge in [0.25, 0.3) is 0 Å². The highest BCUT2D eigenvalue weighted by Crippen LogP contribution is 2.25. The lowest BCUT2D eigenvalue weighted by molar-refractivity contribution is -0.153. The van der Waals surface area contributed by atoms with Crippen molar-refractivity contribution < 1.29 is 14.3 Å². The number of hydrogen-bond acceptors (Lipinski definition) is 5. The summed E-state index contributed by atoms with van der Waals surface area (Å²) in [6.07, 6.45) is 2.03. The van der Waals surface area contributed by atoms with Crippen molar-refractivity contribution >= 4 is 16.8 Å². The van der Waals surface area contributed by atoms with Crippen molar-refractivity contribution in [3.8, 4) is 0 Å². The lowest BCUT2D eigenvalue weighted by Crippen LogP contribution is -2.54. The van der Waals surface area contributed by atoms with Crippen molar-refractivity contribution in [1.29, 1.82) is 0 Å². The Hall–Kier alpha value is -2.02. The maximum absolute atomic E-state index is 12.2. The first-order chi connectivity index (χ1) is 12.2. The van der Waals surface area contributed by atoms with Crippen LogP contribution in [0, 0.1) is 0 Å². The fourth-order valence-corrected chi connectivity index (χ4v) is 3.81. The van der Waals surface area contributed by atoms with Crippen LogP contribution in [0.5, 0.6) is 0 Å². The molecule has 0 aliphatic carbocycles. The molecular weight excluding hydrogens is 318 g/mol. The molecule has 2 aliphatic rings. The van der Waals surface area contributed by atoms with Crippen molar-refractivity contribution in [1.82, 2.24) is 14.8 Å². The Labute approximate surface area is 147 Å². The van der Waals surface area contributed by atoms with Crippen molar-refractivity contribution in [2.24, 2.45) is 0 Å². The Morgan fingerprint density at radius 2 is 2.20 bits per heavy atom. The predicted molar refractivity (Wildman–Crippen MR) is 94.1 cm³/mol. The van der Waals surface area contributed by atoms with Gasteiger partial charge in [-0.3, -0.25) is 14.7 Å². The summed E-state index contributed by atoms with van der Waals surface area (Å²) < 4.78 is 10.9. The summed E-state index contributed by atoms with van der Waals surface area (Å²) >= 11 is 0. The average molecular weight is 341 g/mol. The van der Waals surface area contributed by atoms with Crippen LogP contribution in [0.4, 0.5) is 0 Å². The molecule has 6 heteroatoms. The van der Waals surface area contributed by atoms with Gasteiger partial charge in [-0.05, 0) is 17.7 Å². The number of nitrogens with zero attached hydrogens (tertiary/aromatic N) is 3. The maximum Gasteiger partial charge on any atom is 0.249 e. The second-order valence-electron chi connectivity index (χ2n) is 6.73. The molecule has 0 saturated carbocycles. The summed E-state index contributed by atoms with van der Waals surface area (Å²) in [5, 5.41) is 1.16. The molecule has 0 spiro atoms. The molecule has 1 aromatic carbocycles. The minimum absolute atomic E-state index is 0.0625. The second kappa shape index (κ2) is 7.07. The second-order valence-corrected chi connectivity index (χ2v) is 6.73. The molecule has 2 saturated heterocycles. The number of benzene rings is 1. The predicted octanol–water partition coefficient (Wildman–Crippen LogP) is 1.29. The fourth-order valence-electron chi connectivity index (χ4n) is 3.81. The fraction of sp³-hybridized carbons (Fsp3) is 0.474. The topological polar surface area (TPSA) is 54.9 Å². The molecule has 3 heterocycles. The number of rotatable bonds is 5. The number of ether oxygens (including phenoxy) is 2. The van der Waals surface area contributed by atoms with Crippen molar-refractivity contribution in [2.75, 3.05) is 40.0 Å². The summed E-state index contributed by atoms with van der Waals surface area (Å²) in [4.78, 5) is 21.0. The number of morpholine rings is 1. The molecule has 1 aromatic heterocycles. The van der Waals surface area contributed by atoms with Gasteiger partial charge in [-0.1, -0.05) is 18.2 Å². The van der Waals surface area contributed by atoms with E-state index >= 15 is 0 Å². The van der Waals surface area contributed by atoms with Crippen LogP contribution >= 0.6 is 0 Å². The number of amides is 1. The average Bonchev–Trinajstić information content (AvgIpc) is 3.03. The molecule has 0 N–H and O–H groups in total. The van der Waals surface area contributed by atoms with Crippen LogP contribution in [0.25, 0.3) is 10.9 Å². The highest BCUT2D eigenvalue weighted by Gasteiger charge is 2.42. The lowest BCUT2D eigenvalue weighted by atomic mass is 10.1. The summed E-state index contributed by atoms with van der Waals surface area (Å²) in [6, 6.07) is 10.5. The van der Waals surface area contributed by atoms with Crippen LogP contribution in [0.3, 0.4) is 0 Å². The van der Waals surface area contributed by atoms with E-state index in [4.69, 9.17) is 9.47 Å². The van der Waals surface area contributed by atoms with E-state index in [1.54, 1.807) is 7.11 Å². The number of pyridine rings is 1. The summed E-state index contributed by atoms with van der Waals surface area (Å²) in [7, 11) is 1.66. The number of carbonyl (C=O) groups excluding carboxylic acids is 1. The van der Waals surface area contributed by atoms with E-state index < -0.39 is 0 Å². The van der Waals surface area contributed by atoms with E-state index in [0.717, 1.165) is 30.5 Å². The number of carbonyl (C=O) groups is 1. The highest BCUT2D eigenvalue weighted by molar-refractivity contribution is 5.79. The van der Waals surface area contributed by atoms with Crippen molar-refractivity contribution in [3.05, 3.63) is 42.1 Å². The molecule has 6 nitrogen and oxygen atoms in total. The Morgan fingerprint density at radius 1 is 1.32 bits per heavy atom. The van der Waals surface area contributed by atoms with E-state index in [0.29, 0.717) is 13.2 Å². The zero-order valence-corrected chi connectivity index (χ0v) is 14.4. The zero-order chi connectivity index (χ0) is 17.2. The van der Waals surface area contributed by atoms with Gasteiger partial charge in [0, 0.05) is 44.9 Å². The largest absolute Gasteiger partial charge is 0.383 e. The quantitative estimate of drug-likeness (QED) is 0.820. The van der Waals surface area contributed by atoms with Gasteiger partial charge in [0.15, 0.2) is 0 Å². The molecule has 2 fully saturated rings. The number of para-hydroxylation sites is 1. The maximum atomic E-state index is 12.2. The normalized spacial score (nSPS) is 24.0. The number of fused-ring (bicyclic) bond motifs is 2. The van der Waals surface area contributed by atoms with Crippen LogP contribution in [0.15, 0.2) is 36.5 Å². The molecule has 0 bridgehead atoms. The number of likely N-dealkylation sites (tertiary alicyclic amines) is 1. The third kappa shape index (κ3) is 3.38. The smallest absolute Gasteiger partial charge is 0.249 e. The first kappa shape index (κ1) is 16.4. The Balaban J connectivity index is 1.46. The monoisotopic (exact) mass is 341 g/mol. The molecular formula is C19H23N3O3. The standard InChI is InChI=1S/C19H23N3O3/c1-24-7-6-22-17-11-21(12-18(17)25-13-19(22)23)10-14-8-15-4-2-3-5-16(15)20-9-14/h2-5,8-9,17-18H,6-7,10-13H2,1H3/t17-,18+/m1/s1. The van der Waals surface area contributed by atoms with E-state index in [1.165, 1.54) is 5.56 Å². The minimum Gasteiger partial charge on any atom is -0.383 e. The van der Waals surface area contributed by atoms with Gasteiger partial charge in [-0.15, -0.1) is 0 Å². The third-order valence-electron chi connectivity index (χ3n) is 5.04. The van der Waals surface area contributed by atoms with Gasteiger partial charge < -0.3 is 14.4 Å². The van der Waals surface area contributed by atoms with Crippen LogP contribution in [0.1, 0.15) is 5.56 Å². The molecule has 2 aromatic rings. The molecule has 132 valence electrons. The lowest BCUT2D eigenvalue weighted by Gasteiger charge is -2.36.